The molecule has 0 spiro atoms. The van der Waals surface area contributed by atoms with Gasteiger partial charge in [-0.1, -0.05) is 0 Å². The molecule has 0 aliphatic carbocycles. The average Bonchev–Trinajstić information content (AvgIpc) is 2.42. The number of halogens is 1. The number of hydrogen-bond donors (Lipinski definition) is 2. The second-order valence-electron chi connectivity index (χ2n) is 3.71. The van der Waals surface area contributed by atoms with E-state index in [-0.39, 0.29) is 11.3 Å². The van der Waals surface area contributed by atoms with Gasteiger partial charge >= 0.3 is 5.97 Å². The molecular weight excluding hydrogens is 251 g/mol. The molecule has 0 aliphatic rings. The highest BCUT2D eigenvalue weighted by atomic mass is 19.1. The largest absolute Gasteiger partial charge is 0.497 e. The fourth-order valence-electron chi connectivity index (χ4n) is 1.46. The fraction of sp³-hybridized carbons (Fsp3) is 0.0769. The maximum absolute atomic E-state index is 13.6. The van der Waals surface area contributed by atoms with Crippen molar-refractivity contribution in [3.05, 3.63) is 47.9 Å². The van der Waals surface area contributed by atoms with Crippen LogP contribution in [0.1, 0.15) is 10.4 Å². The van der Waals surface area contributed by atoms with E-state index in [4.69, 9.17) is 9.84 Å². The Morgan fingerprint density at radius 3 is 2.74 bits per heavy atom. The molecule has 0 saturated heterocycles. The normalized spacial score (nSPS) is 10.0. The molecule has 2 N–H and O–H groups in total. The number of carboxylic acids is 1. The van der Waals surface area contributed by atoms with Gasteiger partial charge in [0.25, 0.3) is 0 Å². The van der Waals surface area contributed by atoms with Crippen LogP contribution in [0.15, 0.2) is 36.5 Å². The monoisotopic (exact) mass is 262 g/mol. The lowest BCUT2D eigenvalue weighted by atomic mass is 10.2. The first-order chi connectivity index (χ1) is 9.10. The van der Waals surface area contributed by atoms with E-state index in [2.05, 4.69) is 10.3 Å². The van der Waals surface area contributed by atoms with Gasteiger partial charge in [0.2, 0.25) is 0 Å². The van der Waals surface area contributed by atoms with Gasteiger partial charge in [-0.05, 0) is 24.3 Å². The topological polar surface area (TPSA) is 71.5 Å². The molecule has 0 fully saturated rings. The molecule has 1 aromatic carbocycles. The Hall–Kier alpha value is -2.63. The van der Waals surface area contributed by atoms with E-state index in [1.807, 2.05) is 0 Å². The SMILES string of the molecule is COc1ccc(F)c(Nc2ccc(C(=O)O)cn2)c1. The van der Waals surface area contributed by atoms with Gasteiger partial charge in [-0.2, -0.15) is 0 Å². The Kier molecular flexibility index (Phi) is 3.61. The molecule has 0 saturated carbocycles. The number of hydrogen-bond acceptors (Lipinski definition) is 4. The van der Waals surface area contributed by atoms with Gasteiger partial charge in [-0.15, -0.1) is 0 Å². The summed E-state index contributed by atoms with van der Waals surface area (Å²) in [6.07, 6.45) is 1.20. The van der Waals surface area contributed by atoms with Crippen LogP contribution in [0, 0.1) is 5.82 Å². The third-order valence-corrected chi connectivity index (χ3v) is 2.45. The molecule has 6 heteroatoms. The molecule has 1 aromatic heterocycles. The van der Waals surface area contributed by atoms with Crippen molar-refractivity contribution in [3.63, 3.8) is 0 Å². The predicted octanol–water partition coefficient (Wildman–Crippen LogP) is 2.67. The highest BCUT2D eigenvalue weighted by Gasteiger charge is 2.07. The third-order valence-electron chi connectivity index (χ3n) is 2.45. The Bertz CT molecular complexity index is 599. The first kappa shape index (κ1) is 12.8. The molecule has 1 heterocycles. The van der Waals surface area contributed by atoms with E-state index in [9.17, 15) is 9.18 Å². The minimum absolute atomic E-state index is 0.0664. The molecular formula is C13H11FN2O3. The Morgan fingerprint density at radius 1 is 1.37 bits per heavy atom. The van der Waals surface area contributed by atoms with Crippen molar-refractivity contribution < 1.29 is 19.0 Å². The Balaban J connectivity index is 2.23. The molecule has 2 rings (SSSR count). The summed E-state index contributed by atoms with van der Waals surface area (Å²) in [5, 5.41) is 11.5. The number of rotatable bonds is 4. The number of nitrogens with zero attached hydrogens (tertiary/aromatic N) is 1. The van der Waals surface area contributed by atoms with Crippen LogP contribution in [0.3, 0.4) is 0 Å². The highest BCUT2D eigenvalue weighted by molar-refractivity contribution is 5.87. The quantitative estimate of drug-likeness (QED) is 0.886. The van der Waals surface area contributed by atoms with E-state index in [1.54, 1.807) is 0 Å². The standard InChI is InChI=1S/C13H11FN2O3/c1-19-9-3-4-10(14)11(6-9)16-12-5-2-8(7-15-12)13(17)18/h2-7H,1H3,(H,15,16)(H,17,18). The number of methoxy groups -OCH3 is 1. The molecule has 0 aliphatic heterocycles. The van der Waals surface area contributed by atoms with Crippen LogP contribution >= 0.6 is 0 Å². The molecule has 0 bridgehead atoms. The van der Waals surface area contributed by atoms with Crippen LogP contribution < -0.4 is 10.1 Å². The lowest BCUT2D eigenvalue weighted by Crippen LogP contribution is -2.00. The minimum Gasteiger partial charge on any atom is -0.497 e. The van der Waals surface area contributed by atoms with Crippen molar-refractivity contribution in [1.82, 2.24) is 4.98 Å². The number of pyridine rings is 1. The Labute approximate surface area is 108 Å². The molecule has 19 heavy (non-hydrogen) atoms. The number of nitrogens with one attached hydrogen (secondary N) is 1. The lowest BCUT2D eigenvalue weighted by molar-refractivity contribution is 0.0696. The number of anilines is 2. The molecule has 0 radical (unpaired) electrons. The van der Waals surface area contributed by atoms with Crippen LogP contribution in [0.5, 0.6) is 5.75 Å². The van der Waals surface area contributed by atoms with Gasteiger partial charge in [0.15, 0.2) is 0 Å². The van der Waals surface area contributed by atoms with Crippen molar-refractivity contribution in [3.8, 4) is 5.75 Å². The van der Waals surface area contributed by atoms with Gasteiger partial charge in [-0.25, -0.2) is 14.2 Å². The van der Waals surface area contributed by atoms with Crippen molar-refractivity contribution in [1.29, 1.82) is 0 Å². The predicted molar refractivity (Wildman–Crippen MR) is 67.4 cm³/mol. The first-order valence-electron chi connectivity index (χ1n) is 5.40. The second-order valence-corrected chi connectivity index (χ2v) is 3.71. The number of carbonyl (C=O) groups is 1. The zero-order valence-electron chi connectivity index (χ0n) is 10.1. The summed E-state index contributed by atoms with van der Waals surface area (Å²) in [4.78, 5) is 14.6. The third kappa shape index (κ3) is 2.98. The highest BCUT2D eigenvalue weighted by Crippen LogP contribution is 2.23. The molecule has 0 unspecified atom stereocenters. The smallest absolute Gasteiger partial charge is 0.337 e. The summed E-state index contributed by atoms with van der Waals surface area (Å²) in [5.74, 6) is -0.667. The van der Waals surface area contributed by atoms with E-state index < -0.39 is 11.8 Å². The summed E-state index contributed by atoms with van der Waals surface area (Å²) in [5.41, 5.74) is 0.270. The van der Waals surface area contributed by atoms with E-state index in [0.29, 0.717) is 11.6 Å². The van der Waals surface area contributed by atoms with Crippen LogP contribution in [0.2, 0.25) is 0 Å². The van der Waals surface area contributed by atoms with Crippen molar-refractivity contribution in [2.75, 3.05) is 12.4 Å². The Morgan fingerprint density at radius 2 is 2.16 bits per heavy atom. The number of aromatic carboxylic acids is 1. The van der Waals surface area contributed by atoms with E-state index >= 15 is 0 Å². The number of benzene rings is 1. The van der Waals surface area contributed by atoms with Gasteiger partial charge in [0.1, 0.15) is 17.4 Å². The first-order valence-corrected chi connectivity index (χ1v) is 5.40. The summed E-state index contributed by atoms with van der Waals surface area (Å²) in [6.45, 7) is 0. The second kappa shape index (κ2) is 5.34. The number of carboxylic acid groups (broad SMARTS) is 1. The molecule has 5 nitrogen and oxygen atoms in total. The number of aromatic nitrogens is 1. The van der Waals surface area contributed by atoms with Crippen molar-refractivity contribution in [2.24, 2.45) is 0 Å². The van der Waals surface area contributed by atoms with Crippen LogP contribution in [-0.4, -0.2) is 23.2 Å². The molecule has 98 valence electrons. The van der Waals surface area contributed by atoms with E-state index in [1.165, 1.54) is 43.6 Å². The maximum atomic E-state index is 13.6. The molecule has 2 aromatic rings. The summed E-state index contributed by atoms with van der Waals surface area (Å²) in [7, 11) is 1.48. The zero-order chi connectivity index (χ0) is 13.8. The van der Waals surface area contributed by atoms with Crippen LogP contribution in [0.25, 0.3) is 0 Å². The zero-order valence-corrected chi connectivity index (χ0v) is 10.1. The lowest BCUT2D eigenvalue weighted by Gasteiger charge is -2.08. The van der Waals surface area contributed by atoms with Gasteiger partial charge in [0, 0.05) is 12.3 Å². The summed E-state index contributed by atoms with van der Waals surface area (Å²) < 4.78 is 18.6. The fourth-order valence-corrected chi connectivity index (χ4v) is 1.46. The van der Waals surface area contributed by atoms with Crippen molar-refractivity contribution in [2.45, 2.75) is 0 Å². The van der Waals surface area contributed by atoms with Gasteiger partial charge in [0.05, 0.1) is 18.4 Å². The average molecular weight is 262 g/mol. The van der Waals surface area contributed by atoms with Crippen molar-refractivity contribution >= 4 is 17.5 Å². The minimum atomic E-state index is -1.06. The molecule has 0 atom stereocenters. The number of ether oxygens (including phenoxy) is 1. The maximum Gasteiger partial charge on any atom is 0.337 e. The summed E-state index contributed by atoms with van der Waals surface area (Å²) in [6, 6.07) is 7.11. The molecule has 0 amide bonds. The summed E-state index contributed by atoms with van der Waals surface area (Å²) >= 11 is 0. The van der Waals surface area contributed by atoms with Gasteiger partial charge in [-0.3, -0.25) is 0 Å². The van der Waals surface area contributed by atoms with Crippen LogP contribution in [0.4, 0.5) is 15.9 Å². The van der Waals surface area contributed by atoms with E-state index in [0.717, 1.165) is 0 Å². The van der Waals surface area contributed by atoms with Gasteiger partial charge < -0.3 is 15.2 Å². The van der Waals surface area contributed by atoms with Crippen LogP contribution in [-0.2, 0) is 0 Å².